The summed E-state index contributed by atoms with van der Waals surface area (Å²) in [6.07, 6.45) is 4.98. The molecule has 1 aliphatic heterocycles. The second-order valence-electron chi connectivity index (χ2n) is 4.90. The van der Waals surface area contributed by atoms with Crippen LogP contribution in [0.5, 0.6) is 0 Å². The fraction of sp³-hybridized carbons (Fsp3) is 1.00. The molecule has 0 bridgehead atoms. The first-order chi connectivity index (χ1) is 7.58. The molecule has 2 unspecified atom stereocenters. The number of nitrogens with zero attached hydrogens (tertiary/aromatic N) is 1. The van der Waals surface area contributed by atoms with Crippen LogP contribution in [-0.4, -0.2) is 38.4 Å². The maximum absolute atomic E-state index is 11.9. The van der Waals surface area contributed by atoms with Crippen molar-refractivity contribution in [1.29, 1.82) is 0 Å². The molecule has 6 heteroatoms. The Balaban J connectivity index is 1.80. The normalized spacial score (nSPS) is 32.3. The molecule has 0 spiro atoms. The zero-order chi connectivity index (χ0) is 11.6. The molecule has 1 saturated heterocycles. The van der Waals surface area contributed by atoms with Crippen LogP contribution in [0.3, 0.4) is 0 Å². The van der Waals surface area contributed by atoms with Crippen molar-refractivity contribution in [3.05, 3.63) is 0 Å². The van der Waals surface area contributed by atoms with Gasteiger partial charge >= 0.3 is 0 Å². The van der Waals surface area contributed by atoms with E-state index < -0.39 is 10.2 Å². The molecule has 0 aromatic rings. The highest BCUT2D eigenvalue weighted by atomic mass is 32.2. The van der Waals surface area contributed by atoms with E-state index in [1.54, 1.807) is 4.31 Å². The predicted octanol–water partition coefficient (Wildman–Crippen LogP) is 0.0440. The lowest BCUT2D eigenvalue weighted by atomic mass is 10.1. The summed E-state index contributed by atoms with van der Waals surface area (Å²) in [6.45, 7) is 1.88. The molecule has 1 aliphatic carbocycles. The van der Waals surface area contributed by atoms with E-state index in [4.69, 9.17) is 5.73 Å². The number of rotatable bonds is 4. The summed E-state index contributed by atoms with van der Waals surface area (Å²) in [5.41, 5.74) is 5.80. The van der Waals surface area contributed by atoms with E-state index in [1.807, 2.05) is 0 Å². The van der Waals surface area contributed by atoms with Gasteiger partial charge in [-0.3, -0.25) is 0 Å². The predicted molar refractivity (Wildman–Crippen MR) is 63.0 cm³/mol. The van der Waals surface area contributed by atoms with E-state index in [-0.39, 0.29) is 6.04 Å². The first-order valence-corrected chi connectivity index (χ1v) is 7.52. The summed E-state index contributed by atoms with van der Waals surface area (Å²) in [6, 6.07) is 0.265. The van der Waals surface area contributed by atoms with E-state index in [1.165, 1.54) is 0 Å². The molecular formula is C10H21N3O2S. The van der Waals surface area contributed by atoms with Crippen LogP contribution in [0.1, 0.15) is 32.1 Å². The molecular weight excluding hydrogens is 226 g/mol. The van der Waals surface area contributed by atoms with E-state index in [0.717, 1.165) is 32.1 Å². The second-order valence-corrected chi connectivity index (χ2v) is 6.65. The first kappa shape index (κ1) is 12.3. The molecule has 0 aromatic heterocycles. The van der Waals surface area contributed by atoms with Gasteiger partial charge in [-0.25, -0.2) is 4.72 Å². The summed E-state index contributed by atoms with van der Waals surface area (Å²) in [4.78, 5) is 0. The van der Waals surface area contributed by atoms with Crippen LogP contribution in [0.15, 0.2) is 0 Å². The van der Waals surface area contributed by atoms with Crippen molar-refractivity contribution in [3.63, 3.8) is 0 Å². The topological polar surface area (TPSA) is 75.4 Å². The molecule has 94 valence electrons. The summed E-state index contributed by atoms with van der Waals surface area (Å²) < 4.78 is 28.0. The number of nitrogens with one attached hydrogen (secondary N) is 1. The average Bonchev–Trinajstić information content (AvgIpc) is 2.85. The van der Waals surface area contributed by atoms with Gasteiger partial charge in [0, 0.05) is 25.7 Å². The molecule has 2 rings (SSSR count). The van der Waals surface area contributed by atoms with Gasteiger partial charge in [-0.05, 0) is 38.0 Å². The van der Waals surface area contributed by atoms with Crippen LogP contribution in [0, 0.1) is 5.92 Å². The third-order valence-corrected chi connectivity index (χ3v) is 5.12. The summed E-state index contributed by atoms with van der Waals surface area (Å²) in [5.74, 6) is 0.423. The van der Waals surface area contributed by atoms with Crippen LogP contribution in [0.4, 0.5) is 0 Å². The number of nitrogens with two attached hydrogens (primary N) is 1. The SMILES string of the molecule is NC1CCC(CNS(=O)(=O)N2CCCC2)C1. The summed E-state index contributed by atoms with van der Waals surface area (Å²) in [5, 5.41) is 0. The highest BCUT2D eigenvalue weighted by Crippen LogP contribution is 2.23. The Morgan fingerprint density at radius 2 is 1.94 bits per heavy atom. The van der Waals surface area contributed by atoms with Crippen molar-refractivity contribution < 1.29 is 8.42 Å². The van der Waals surface area contributed by atoms with Gasteiger partial charge in [-0.15, -0.1) is 0 Å². The lowest BCUT2D eigenvalue weighted by molar-refractivity contribution is 0.449. The minimum absolute atomic E-state index is 0.265. The van der Waals surface area contributed by atoms with E-state index in [9.17, 15) is 8.42 Å². The van der Waals surface area contributed by atoms with Crippen LogP contribution in [0.2, 0.25) is 0 Å². The monoisotopic (exact) mass is 247 g/mol. The van der Waals surface area contributed by atoms with Crippen molar-refractivity contribution in [2.24, 2.45) is 11.7 Å². The van der Waals surface area contributed by atoms with Crippen molar-refractivity contribution in [1.82, 2.24) is 9.03 Å². The molecule has 3 N–H and O–H groups in total. The molecule has 2 aliphatic rings. The molecule has 16 heavy (non-hydrogen) atoms. The van der Waals surface area contributed by atoms with Gasteiger partial charge < -0.3 is 5.73 Å². The van der Waals surface area contributed by atoms with Gasteiger partial charge in [0.1, 0.15) is 0 Å². The van der Waals surface area contributed by atoms with Gasteiger partial charge in [-0.1, -0.05) is 0 Å². The highest BCUT2D eigenvalue weighted by Gasteiger charge is 2.27. The number of hydrogen-bond donors (Lipinski definition) is 2. The summed E-state index contributed by atoms with van der Waals surface area (Å²) in [7, 11) is -3.22. The maximum Gasteiger partial charge on any atom is 0.279 e. The smallest absolute Gasteiger partial charge is 0.279 e. The zero-order valence-corrected chi connectivity index (χ0v) is 10.4. The lowest BCUT2D eigenvalue weighted by Crippen LogP contribution is -2.40. The van der Waals surface area contributed by atoms with Crippen LogP contribution in [-0.2, 0) is 10.2 Å². The second kappa shape index (κ2) is 5.00. The lowest BCUT2D eigenvalue weighted by Gasteiger charge is -2.18. The largest absolute Gasteiger partial charge is 0.328 e. The average molecular weight is 247 g/mol. The highest BCUT2D eigenvalue weighted by molar-refractivity contribution is 7.87. The Kier molecular flexibility index (Phi) is 3.84. The van der Waals surface area contributed by atoms with Crippen LogP contribution >= 0.6 is 0 Å². The molecule has 0 aromatic carbocycles. The Morgan fingerprint density at radius 1 is 1.25 bits per heavy atom. The number of hydrogen-bond acceptors (Lipinski definition) is 3. The Morgan fingerprint density at radius 3 is 2.50 bits per heavy atom. The minimum atomic E-state index is -3.22. The molecule has 2 atom stereocenters. The molecule has 1 heterocycles. The van der Waals surface area contributed by atoms with Crippen molar-refractivity contribution in [3.8, 4) is 0 Å². The van der Waals surface area contributed by atoms with Crippen molar-refractivity contribution >= 4 is 10.2 Å². The Bertz CT molecular complexity index is 325. The molecule has 2 fully saturated rings. The Hall–Kier alpha value is -0.170. The Labute approximate surface area is 97.6 Å². The fourth-order valence-corrected chi connectivity index (χ4v) is 3.91. The summed E-state index contributed by atoms with van der Waals surface area (Å²) >= 11 is 0. The van der Waals surface area contributed by atoms with Gasteiger partial charge in [0.15, 0.2) is 0 Å². The zero-order valence-electron chi connectivity index (χ0n) is 9.56. The van der Waals surface area contributed by atoms with E-state index >= 15 is 0 Å². The van der Waals surface area contributed by atoms with E-state index in [0.29, 0.717) is 25.6 Å². The molecule has 5 nitrogen and oxygen atoms in total. The quantitative estimate of drug-likeness (QED) is 0.737. The van der Waals surface area contributed by atoms with Gasteiger partial charge in [0.25, 0.3) is 10.2 Å². The van der Waals surface area contributed by atoms with Gasteiger partial charge in [0.2, 0.25) is 0 Å². The third kappa shape index (κ3) is 2.94. The third-order valence-electron chi connectivity index (χ3n) is 3.54. The molecule has 0 amide bonds. The van der Waals surface area contributed by atoms with E-state index in [2.05, 4.69) is 4.72 Å². The van der Waals surface area contributed by atoms with Crippen LogP contribution < -0.4 is 10.5 Å². The van der Waals surface area contributed by atoms with Gasteiger partial charge in [0.05, 0.1) is 0 Å². The van der Waals surface area contributed by atoms with Crippen LogP contribution in [0.25, 0.3) is 0 Å². The molecule has 1 saturated carbocycles. The maximum atomic E-state index is 11.9. The molecule has 0 radical (unpaired) electrons. The van der Waals surface area contributed by atoms with Crippen molar-refractivity contribution in [2.45, 2.75) is 38.1 Å². The minimum Gasteiger partial charge on any atom is -0.328 e. The fourth-order valence-electron chi connectivity index (χ4n) is 2.54. The standard InChI is InChI=1S/C10H21N3O2S/c11-10-4-3-9(7-10)8-12-16(14,15)13-5-1-2-6-13/h9-10,12H,1-8,11H2. The van der Waals surface area contributed by atoms with Crippen molar-refractivity contribution in [2.75, 3.05) is 19.6 Å². The van der Waals surface area contributed by atoms with Gasteiger partial charge in [-0.2, -0.15) is 12.7 Å². The first-order valence-electron chi connectivity index (χ1n) is 6.08.